The summed E-state index contributed by atoms with van der Waals surface area (Å²) in [5, 5.41) is 1.00. The lowest BCUT2D eigenvalue weighted by Crippen LogP contribution is -2.14. The first-order chi connectivity index (χ1) is 6.86. The topological polar surface area (TPSA) is 50.2 Å². The second kappa shape index (κ2) is 2.45. The molecule has 1 N–H and O–H groups in total. The van der Waals surface area contributed by atoms with Crippen molar-refractivity contribution in [2.75, 3.05) is 0 Å². The van der Waals surface area contributed by atoms with Gasteiger partial charge < -0.3 is 4.98 Å². The lowest BCUT2D eigenvalue weighted by Gasteiger charge is -1.98. The Bertz CT molecular complexity index is 665. The highest BCUT2D eigenvalue weighted by atomic mass is 16.1. The number of fused-ring (bicyclic) bond motifs is 3. The molecule has 0 aliphatic rings. The first kappa shape index (κ1) is 7.32. The number of rotatable bonds is 0. The zero-order valence-corrected chi connectivity index (χ0v) is 7.27. The van der Waals surface area contributed by atoms with Crippen LogP contribution in [0.2, 0.25) is 0 Å². The molecule has 2 heterocycles. The molecule has 0 aliphatic heterocycles. The molecule has 0 spiro atoms. The van der Waals surface area contributed by atoms with Gasteiger partial charge in [0.15, 0.2) is 0 Å². The van der Waals surface area contributed by atoms with E-state index in [4.69, 9.17) is 0 Å². The zero-order valence-electron chi connectivity index (χ0n) is 7.27. The van der Waals surface area contributed by atoms with Crippen LogP contribution in [0.1, 0.15) is 0 Å². The summed E-state index contributed by atoms with van der Waals surface area (Å²) < 4.78 is 1.50. The molecule has 3 aromatic rings. The van der Waals surface area contributed by atoms with E-state index in [1.165, 1.54) is 10.7 Å². The van der Waals surface area contributed by atoms with Crippen molar-refractivity contribution in [2.45, 2.75) is 0 Å². The van der Waals surface area contributed by atoms with Gasteiger partial charge in [-0.25, -0.2) is 9.78 Å². The van der Waals surface area contributed by atoms with Crippen LogP contribution in [0.25, 0.3) is 16.4 Å². The molecule has 1 aromatic carbocycles. The first-order valence-electron chi connectivity index (χ1n) is 4.29. The van der Waals surface area contributed by atoms with Crippen LogP contribution >= 0.6 is 0 Å². The molecule has 0 amide bonds. The summed E-state index contributed by atoms with van der Waals surface area (Å²) in [6.07, 6.45) is 3.21. The van der Waals surface area contributed by atoms with Gasteiger partial charge >= 0.3 is 5.69 Å². The van der Waals surface area contributed by atoms with E-state index in [-0.39, 0.29) is 5.69 Å². The van der Waals surface area contributed by atoms with Crippen LogP contribution in [0.3, 0.4) is 0 Å². The largest absolute Gasteiger partial charge is 0.331 e. The molecule has 14 heavy (non-hydrogen) atoms. The van der Waals surface area contributed by atoms with E-state index in [2.05, 4.69) is 9.97 Å². The standard InChI is InChI=1S/C10H7N3O/c14-10-12-8-4-2-1-3-7(8)9-5-11-6-13(9)10/h1-6H,(H,12,14). The maximum Gasteiger partial charge on any atom is 0.331 e. The highest BCUT2D eigenvalue weighted by Crippen LogP contribution is 2.14. The van der Waals surface area contributed by atoms with Gasteiger partial charge in [0.1, 0.15) is 6.33 Å². The number of aromatic nitrogens is 3. The summed E-state index contributed by atoms with van der Waals surface area (Å²) >= 11 is 0. The summed E-state index contributed by atoms with van der Waals surface area (Å²) in [6, 6.07) is 7.67. The molecule has 0 radical (unpaired) electrons. The Kier molecular flexibility index (Phi) is 1.28. The van der Waals surface area contributed by atoms with Crippen LogP contribution in [0, 0.1) is 0 Å². The smallest absolute Gasteiger partial charge is 0.307 e. The summed E-state index contributed by atoms with van der Waals surface area (Å²) in [7, 11) is 0. The van der Waals surface area contributed by atoms with Gasteiger partial charge in [-0.1, -0.05) is 18.2 Å². The van der Waals surface area contributed by atoms with Gasteiger partial charge in [0.25, 0.3) is 0 Å². The Hall–Kier alpha value is -2.10. The predicted octanol–water partition coefficient (Wildman–Crippen LogP) is 1.18. The minimum atomic E-state index is -0.156. The van der Waals surface area contributed by atoms with Gasteiger partial charge in [0, 0.05) is 5.39 Å². The molecule has 68 valence electrons. The zero-order chi connectivity index (χ0) is 9.54. The third kappa shape index (κ3) is 0.821. The van der Waals surface area contributed by atoms with Gasteiger partial charge in [-0.15, -0.1) is 0 Å². The summed E-state index contributed by atoms with van der Waals surface area (Å²) in [5.41, 5.74) is 1.52. The average Bonchev–Trinajstić information content (AvgIpc) is 2.67. The van der Waals surface area contributed by atoms with Gasteiger partial charge in [-0.3, -0.25) is 4.40 Å². The Morgan fingerprint density at radius 3 is 3.07 bits per heavy atom. The minimum absolute atomic E-state index is 0.156. The molecule has 4 nitrogen and oxygen atoms in total. The number of para-hydroxylation sites is 1. The van der Waals surface area contributed by atoms with Gasteiger partial charge in [-0.2, -0.15) is 0 Å². The van der Waals surface area contributed by atoms with Crippen molar-refractivity contribution in [3.8, 4) is 0 Å². The van der Waals surface area contributed by atoms with Crippen LogP contribution in [-0.2, 0) is 0 Å². The molecule has 0 fully saturated rings. The number of nitrogens with zero attached hydrogens (tertiary/aromatic N) is 2. The summed E-state index contributed by atoms with van der Waals surface area (Å²) in [6.45, 7) is 0. The molecule has 2 aromatic heterocycles. The van der Waals surface area contributed by atoms with Crippen molar-refractivity contribution in [1.82, 2.24) is 14.4 Å². The number of hydrogen-bond donors (Lipinski definition) is 1. The summed E-state index contributed by atoms with van der Waals surface area (Å²) in [5.74, 6) is 0. The van der Waals surface area contributed by atoms with Crippen molar-refractivity contribution in [2.24, 2.45) is 0 Å². The lowest BCUT2D eigenvalue weighted by atomic mass is 10.2. The van der Waals surface area contributed by atoms with Gasteiger partial charge in [-0.05, 0) is 6.07 Å². The van der Waals surface area contributed by atoms with Crippen LogP contribution in [-0.4, -0.2) is 14.4 Å². The quantitative estimate of drug-likeness (QED) is 0.571. The molecule has 0 unspecified atom stereocenters. The van der Waals surface area contributed by atoms with Gasteiger partial charge in [0.05, 0.1) is 17.2 Å². The molecule has 4 heteroatoms. The van der Waals surface area contributed by atoms with E-state index in [0.29, 0.717) is 0 Å². The van der Waals surface area contributed by atoms with E-state index in [1.54, 1.807) is 6.20 Å². The average molecular weight is 185 g/mol. The van der Waals surface area contributed by atoms with Crippen LogP contribution in [0.5, 0.6) is 0 Å². The van der Waals surface area contributed by atoms with E-state index in [9.17, 15) is 4.79 Å². The van der Waals surface area contributed by atoms with Crippen molar-refractivity contribution >= 4 is 16.4 Å². The van der Waals surface area contributed by atoms with Crippen LogP contribution < -0.4 is 5.69 Å². The number of hydrogen-bond acceptors (Lipinski definition) is 2. The highest BCUT2D eigenvalue weighted by Gasteiger charge is 2.02. The van der Waals surface area contributed by atoms with Crippen molar-refractivity contribution in [1.29, 1.82) is 0 Å². The monoisotopic (exact) mass is 185 g/mol. The highest BCUT2D eigenvalue weighted by molar-refractivity contribution is 5.92. The number of H-pyrrole nitrogens is 1. The normalized spacial score (nSPS) is 11.1. The van der Waals surface area contributed by atoms with Crippen LogP contribution in [0.4, 0.5) is 0 Å². The molecule has 3 rings (SSSR count). The Labute approximate surface area is 78.8 Å². The molecule has 0 saturated heterocycles. The number of nitrogens with one attached hydrogen (secondary N) is 1. The molecular formula is C10H7N3O. The molecule has 0 bridgehead atoms. The minimum Gasteiger partial charge on any atom is -0.307 e. The van der Waals surface area contributed by atoms with Crippen molar-refractivity contribution < 1.29 is 0 Å². The van der Waals surface area contributed by atoms with E-state index in [1.807, 2.05) is 24.3 Å². The third-order valence-corrected chi connectivity index (χ3v) is 2.30. The van der Waals surface area contributed by atoms with Crippen molar-refractivity contribution in [3.63, 3.8) is 0 Å². The Morgan fingerprint density at radius 1 is 1.29 bits per heavy atom. The fraction of sp³-hybridized carbons (Fsp3) is 0. The van der Waals surface area contributed by atoms with E-state index in [0.717, 1.165) is 16.4 Å². The molecule has 0 saturated carbocycles. The summed E-state index contributed by atoms with van der Waals surface area (Å²) in [4.78, 5) is 18.3. The fourth-order valence-corrected chi connectivity index (χ4v) is 1.65. The number of aromatic amines is 1. The predicted molar refractivity (Wildman–Crippen MR) is 53.3 cm³/mol. The van der Waals surface area contributed by atoms with E-state index < -0.39 is 0 Å². The Balaban J connectivity index is 2.73. The molecular weight excluding hydrogens is 178 g/mol. The number of imidazole rings is 1. The second-order valence-electron chi connectivity index (χ2n) is 3.12. The van der Waals surface area contributed by atoms with Crippen molar-refractivity contribution in [3.05, 3.63) is 47.3 Å². The molecule has 0 atom stereocenters. The second-order valence-corrected chi connectivity index (χ2v) is 3.12. The first-order valence-corrected chi connectivity index (χ1v) is 4.29. The fourth-order valence-electron chi connectivity index (χ4n) is 1.65. The maximum atomic E-state index is 11.5. The van der Waals surface area contributed by atoms with E-state index >= 15 is 0 Å². The lowest BCUT2D eigenvalue weighted by molar-refractivity contribution is 1.02. The van der Waals surface area contributed by atoms with Gasteiger partial charge in [0.2, 0.25) is 0 Å². The SMILES string of the molecule is O=c1[nH]c2ccccc2c2cncn12. The Morgan fingerprint density at radius 2 is 2.14 bits per heavy atom. The number of benzene rings is 1. The maximum absolute atomic E-state index is 11.5. The molecule has 0 aliphatic carbocycles. The third-order valence-electron chi connectivity index (χ3n) is 2.30. The van der Waals surface area contributed by atoms with Crippen LogP contribution in [0.15, 0.2) is 41.6 Å².